The molecule has 0 saturated carbocycles. The number of anilines is 3. The molecule has 1 saturated heterocycles. The lowest BCUT2D eigenvalue weighted by atomic mass is 9.90. The molecule has 0 bridgehead atoms. The molecular weight excluding hydrogens is 358 g/mol. The van der Waals surface area contributed by atoms with Crippen molar-refractivity contribution in [3.8, 4) is 0 Å². The Hall–Kier alpha value is -2.84. The highest BCUT2D eigenvalue weighted by Crippen LogP contribution is 2.27. The lowest BCUT2D eigenvalue weighted by Crippen LogP contribution is -2.50. The lowest BCUT2D eigenvalue weighted by molar-refractivity contribution is 0.0184. The molecule has 28 heavy (non-hydrogen) atoms. The van der Waals surface area contributed by atoms with Crippen LogP contribution in [0.4, 0.5) is 22.2 Å². The number of likely N-dealkylation sites (tertiary alicyclic amines) is 1. The summed E-state index contributed by atoms with van der Waals surface area (Å²) in [7, 11) is 1.86. The van der Waals surface area contributed by atoms with Crippen LogP contribution in [0.25, 0.3) is 0 Å². The number of carbonyl (C=O) groups is 1. The number of nitrogens with zero attached hydrogens (tertiary/aromatic N) is 5. The van der Waals surface area contributed by atoms with Crippen molar-refractivity contribution in [3.63, 3.8) is 0 Å². The van der Waals surface area contributed by atoms with Gasteiger partial charge >= 0.3 is 6.09 Å². The fourth-order valence-corrected chi connectivity index (χ4v) is 3.05. The molecule has 1 aliphatic rings. The van der Waals surface area contributed by atoms with Gasteiger partial charge in [-0.3, -0.25) is 4.68 Å². The number of carbonyl (C=O) groups excluding carboxylic acids is 1. The number of ether oxygens (including phenoxy) is 1. The van der Waals surface area contributed by atoms with Crippen LogP contribution in [0.2, 0.25) is 0 Å². The zero-order valence-electron chi connectivity index (χ0n) is 17.2. The molecule has 3 rings (SSSR count). The van der Waals surface area contributed by atoms with Gasteiger partial charge < -0.3 is 20.3 Å². The van der Waals surface area contributed by atoms with E-state index >= 15 is 0 Å². The van der Waals surface area contributed by atoms with E-state index < -0.39 is 5.60 Å². The summed E-state index contributed by atoms with van der Waals surface area (Å²) in [5.74, 6) is 1.25. The monoisotopic (exact) mass is 387 g/mol. The zero-order chi connectivity index (χ0) is 20.4. The Morgan fingerprint density at radius 2 is 2.00 bits per heavy atom. The van der Waals surface area contributed by atoms with Crippen molar-refractivity contribution in [2.24, 2.45) is 7.05 Å². The van der Waals surface area contributed by atoms with E-state index in [1.165, 1.54) is 0 Å². The normalized spacial score (nSPS) is 16.5. The summed E-state index contributed by atoms with van der Waals surface area (Å²) >= 11 is 0. The van der Waals surface area contributed by atoms with Crippen LogP contribution in [0.1, 0.15) is 40.5 Å². The molecule has 152 valence electrons. The van der Waals surface area contributed by atoms with Gasteiger partial charge in [-0.15, -0.1) is 0 Å². The quantitative estimate of drug-likeness (QED) is 0.832. The molecule has 1 aliphatic heterocycles. The minimum Gasteiger partial charge on any atom is -0.444 e. The van der Waals surface area contributed by atoms with Crippen molar-refractivity contribution in [1.29, 1.82) is 0 Å². The van der Waals surface area contributed by atoms with Crippen molar-refractivity contribution in [3.05, 3.63) is 24.7 Å². The molecule has 1 fully saturated rings. The Bertz CT molecular complexity index is 820. The number of aromatic nitrogens is 4. The Morgan fingerprint density at radius 3 is 2.61 bits per heavy atom. The van der Waals surface area contributed by atoms with Gasteiger partial charge in [-0.1, -0.05) is 0 Å². The summed E-state index contributed by atoms with van der Waals surface area (Å²) in [6.07, 6.45) is 6.66. The molecule has 0 spiro atoms. The first-order valence-electron chi connectivity index (χ1n) is 9.47. The van der Waals surface area contributed by atoms with Gasteiger partial charge in [-0.2, -0.15) is 10.1 Å². The number of piperidine rings is 1. The summed E-state index contributed by atoms with van der Waals surface area (Å²) in [4.78, 5) is 22.8. The summed E-state index contributed by atoms with van der Waals surface area (Å²) < 4.78 is 7.18. The van der Waals surface area contributed by atoms with Gasteiger partial charge in [-0.05, 0) is 46.6 Å². The van der Waals surface area contributed by atoms with E-state index in [4.69, 9.17) is 4.74 Å². The maximum atomic E-state index is 12.3. The van der Waals surface area contributed by atoms with Crippen LogP contribution in [0.3, 0.4) is 0 Å². The van der Waals surface area contributed by atoms with E-state index in [1.54, 1.807) is 22.0 Å². The maximum Gasteiger partial charge on any atom is 0.410 e. The third kappa shape index (κ3) is 5.34. The van der Waals surface area contributed by atoms with E-state index in [0.29, 0.717) is 19.0 Å². The molecule has 2 aromatic heterocycles. The molecule has 9 heteroatoms. The van der Waals surface area contributed by atoms with Gasteiger partial charge in [0.15, 0.2) is 0 Å². The van der Waals surface area contributed by atoms with Crippen LogP contribution < -0.4 is 10.6 Å². The summed E-state index contributed by atoms with van der Waals surface area (Å²) in [6, 6.07) is 1.85. The van der Waals surface area contributed by atoms with Crippen molar-refractivity contribution < 1.29 is 9.53 Å². The lowest BCUT2D eigenvalue weighted by Gasteiger charge is -2.40. The molecular formula is C19H29N7O2. The summed E-state index contributed by atoms with van der Waals surface area (Å²) in [5.41, 5.74) is 0.198. The predicted octanol–water partition coefficient (Wildman–Crippen LogP) is 3.16. The standard InChI is InChI=1S/C19H29N7O2/c1-18(2,3)28-17(27)26-10-7-19(4,8-11-26)24-15-6-9-20-16(23-15)22-14-12-21-25(5)13-14/h6,9,12-13H,7-8,10-11H2,1-5H3,(H2,20,22,23,24). The molecule has 1 amide bonds. The van der Waals surface area contributed by atoms with Gasteiger partial charge in [0.2, 0.25) is 5.95 Å². The van der Waals surface area contributed by atoms with E-state index in [1.807, 2.05) is 40.1 Å². The Kier molecular flexibility index (Phi) is 5.44. The highest BCUT2D eigenvalue weighted by Gasteiger charge is 2.33. The van der Waals surface area contributed by atoms with Crippen LogP contribution in [-0.4, -0.2) is 55.0 Å². The molecule has 0 atom stereocenters. The van der Waals surface area contributed by atoms with Crippen LogP contribution in [0.15, 0.2) is 24.7 Å². The minimum atomic E-state index is -0.477. The molecule has 0 aromatic carbocycles. The topological polar surface area (TPSA) is 97.2 Å². The second-order valence-electron chi connectivity index (χ2n) is 8.45. The number of amides is 1. The van der Waals surface area contributed by atoms with Gasteiger partial charge in [0, 0.05) is 38.1 Å². The van der Waals surface area contributed by atoms with Crippen LogP contribution >= 0.6 is 0 Å². The van der Waals surface area contributed by atoms with Crippen molar-refractivity contribution in [2.45, 2.75) is 51.7 Å². The fraction of sp³-hybridized carbons (Fsp3) is 0.579. The van der Waals surface area contributed by atoms with E-state index in [9.17, 15) is 4.79 Å². The first-order valence-corrected chi connectivity index (χ1v) is 9.47. The number of nitrogens with one attached hydrogen (secondary N) is 2. The summed E-state index contributed by atoms with van der Waals surface area (Å²) in [6.45, 7) is 9.08. The van der Waals surface area contributed by atoms with Crippen LogP contribution in [0.5, 0.6) is 0 Å². The maximum absolute atomic E-state index is 12.3. The Labute approximate surface area is 165 Å². The average Bonchev–Trinajstić information content (AvgIpc) is 2.98. The predicted molar refractivity (Wildman–Crippen MR) is 108 cm³/mol. The molecule has 3 heterocycles. The minimum absolute atomic E-state index is 0.154. The van der Waals surface area contributed by atoms with Crippen molar-refractivity contribution in [1.82, 2.24) is 24.6 Å². The fourth-order valence-electron chi connectivity index (χ4n) is 3.05. The molecule has 0 aliphatic carbocycles. The SMILES string of the molecule is Cn1cc(Nc2nccc(NC3(C)CCN(C(=O)OC(C)(C)C)CC3)n2)cn1. The van der Waals surface area contributed by atoms with Gasteiger partial charge in [0.05, 0.1) is 11.9 Å². The number of hydrogen-bond donors (Lipinski definition) is 2. The number of aryl methyl sites for hydroxylation is 1. The Morgan fingerprint density at radius 1 is 1.29 bits per heavy atom. The highest BCUT2D eigenvalue weighted by atomic mass is 16.6. The molecule has 2 N–H and O–H groups in total. The molecule has 0 unspecified atom stereocenters. The third-order valence-electron chi connectivity index (χ3n) is 4.57. The largest absolute Gasteiger partial charge is 0.444 e. The van der Waals surface area contributed by atoms with E-state index in [-0.39, 0.29) is 11.6 Å². The Balaban J connectivity index is 1.58. The third-order valence-corrected chi connectivity index (χ3v) is 4.57. The van der Waals surface area contributed by atoms with Crippen LogP contribution in [0, 0.1) is 0 Å². The average molecular weight is 387 g/mol. The first-order chi connectivity index (χ1) is 13.1. The van der Waals surface area contributed by atoms with Crippen molar-refractivity contribution >= 4 is 23.5 Å². The highest BCUT2D eigenvalue weighted by molar-refractivity contribution is 5.68. The van der Waals surface area contributed by atoms with Gasteiger partial charge in [-0.25, -0.2) is 9.78 Å². The second kappa shape index (κ2) is 7.65. The zero-order valence-corrected chi connectivity index (χ0v) is 17.2. The molecule has 9 nitrogen and oxygen atoms in total. The van der Waals surface area contributed by atoms with Gasteiger partial charge in [0.25, 0.3) is 0 Å². The second-order valence-corrected chi connectivity index (χ2v) is 8.45. The van der Waals surface area contributed by atoms with E-state index in [2.05, 4.69) is 32.6 Å². The van der Waals surface area contributed by atoms with Crippen LogP contribution in [-0.2, 0) is 11.8 Å². The molecule has 0 radical (unpaired) electrons. The smallest absolute Gasteiger partial charge is 0.410 e. The van der Waals surface area contributed by atoms with E-state index in [0.717, 1.165) is 24.3 Å². The first kappa shape index (κ1) is 19.9. The summed E-state index contributed by atoms with van der Waals surface area (Å²) in [5, 5.41) is 10.8. The van der Waals surface area contributed by atoms with Crippen molar-refractivity contribution in [2.75, 3.05) is 23.7 Å². The molecule has 2 aromatic rings. The number of rotatable bonds is 4. The number of hydrogen-bond acceptors (Lipinski definition) is 7. The van der Waals surface area contributed by atoms with Gasteiger partial charge in [0.1, 0.15) is 11.4 Å².